The molecule has 0 aromatic rings. The van der Waals surface area contributed by atoms with Crippen molar-refractivity contribution < 1.29 is 31.1 Å². The van der Waals surface area contributed by atoms with E-state index < -0.39 is 35.4 Å². The number of rotatable bonds is 7. The molecule has 0 aliphatic heterocycles. The molecule has 0 rings (SSSR count). The zero-order valence-corrected chi connectivity index (χ0v) is 14.0. The van der Waals surface area contributed by atoms with Gasteiger partial charge in [-0.15, -0.1) is 0 Å². The van der Waals surface area contributed by atoms with Crippen molar-refractivity contribution in [3.8, 4) is 0 Å². The summed E-state index contributed by atoms with van der Waals surface area (Å²) in [6, 6.07) is 0. The first-order valence-corrected chi connectivity index (χ1v) is 7.35. The standard InChI is InChI=1S/C15H26F6O/c1-7-12(3,4)9-10(13(5,6)8-2)22-11(14(16,17)18)15(19,20)21/h10-11H,7-9H2,1-6H3. The minimum Gasteiger partial charge on any atom is -0.357 e. The van der Waals surface area contributed by atoms with Crippen LogP contribution >= 0.6 is 0 Å². The van der Waals surface area contributed by atoms with Crippen LogP contribution in [0.1, 0.15) is 60.8 Å². The average Bonchev–Trinajstić information content (AvgIpc) is 2.31. The van der Waals surface area contributed by atoms with Crippen LogP contribution in [0.15, 0.2) is 0 Å². The van der Waals surface area contributed by atoms with E-state index in [9.17, 15) is 26.3 Å². The van der Waals surface area contributed by atoms with E-state index in [-0.39, 0.29) is 6.42 Å². The summed E-state index contributed by atoms with van der Waals surface area (Å²) in [6.45, 7) is 10.5. The second-order valence-electron chi connectivity index (χ2n) is 7.15. The van der Waals surface area contributed by atoms with Gasteiger partial charge in [0, 0.05) is 0 Å². The number of hydrogen-bond acceptors (Lipinski definition) is 1. The number of halogens is 6. The van der Waals surface area contributed by atoms with Crippen molar-refractivity contribution in [1.82, 2.24) is 0 Å². The lowest BCUT2D eigenvalue weighted by molar-refractivity contribution is -0.339. The molecule has 0 saturated carbocycles. The Labute approximate surface area is 128 Å². The number of ether oxygens (including phenoxy) is 1. The monoisotopic (exact) mass is 336 g/mol. The summed E-state index contributed by atoms with van der Waals surface area (Å²) in [5, 5.41) is 0. The van der Waals surface area contributed by atoms with E-state index in [1.54, 1.807) is 20.8 Å². The highest BCUT2D eigenvalue weighted by molar-refractivity contribution is 4.87. The average molecular weight is 336 g/mol. The predicted octanol–water partition coefficient (Wildman–Crippen LogP) is 6.13. The Morgan fingerprint density at radius 1 is 0.773 bits per heavy atom. The molecule has 0 spiro atoms. The number of alkyl halides is 6. The topological polar surface area (TPSA) is 9.23 Å². The first-order valence-electron chi connectivity index (χ1n) is 7.35. The van der Waals surface area contributed by atoms with Crippen molar-refractivity contribution >= 4 is 0 Å². The Balaban J connectivity index is 5.52. The molecule has 0 bridgehead atoms. The van der Waals surface area contributed by atoms with Crippen LogP contribution < -0.4 is 0 Å². The normalized spacial score (nSPS) is 16.2. The Kier molecular flexibility index (Phi) is 6.83. The van der Waals surface area contributed by atoms with Gasteiger partial charge in [0.2, 0.25) is 6.10 Å². The first-order chi connectivity index (χ1) is 9.57. The molecular weight excluding hydrogens is 310 g/mol. The zero-order chi connectivity index (χ0) is 18.0. The maximum atomic E-state index is 12.7. The molecule has 1 nitrogen and oxygen atoms in total. The van der Waals surface area contributed by atoms with E-state index in [1.165, 1.54) is 0 Å². The smallest absolute Gasteiger partial charge is 0.357 e. The Bertz CT molecular complexity index is 329. The van der Waals surface area contributed by atoms with Crippen LogP contribution in [0.2, 0.25) is 0 Å². The van der Waals surface area contributed by atoms with E-state index in [4.69, 9.17) is 0 Å². The van der Waals surface area contributed by atoms with Gasteiger partial charge < -0.3 is 4.74 Å². The van der Waals surface area contributed by atoms with E-state index >= 15 is 0 Å². The van der Waals surface area contributed by atoms with E-state index in [1.807, 2.05) is 20.8 Å². The molecule has 0 radical (unpaired) electrons. The van der Waals surface area contributed by atoms with Crippen molar-refractivity contribution in [2.24, 2.45) is 10.8 Å². The summed E-state index contributed by atoms with van der Waals surface area (Å²) in [5.74, 6) is 0. The molecule has 0 aromatic heterocycles. The van der Waals surface area contributed by atoms with Crippen molar-refractivity contribution in [1.29, 1.82) is 0 Å². The van der Waals surface area contributed by atoms with Crippen LogP contribution in [0.3, 0.4) is 0 Å². The molecular formula is C15H26F6O. The van der Waals surface area contributed by atoms with Crippen LogP contribution in [0.5, 0.6) is 0 Å². The molecule has 0 amide bonds. The highest BCUT2D eigenvalue weighted by Gasteiger charge is 2.59. The summed E-state index contributed by atoms with van der Waals surface area (Å²) in [6.07, 6.45) is -14.7. The van der Waals surface area contributed by atoms with Crippen LogP contribution in [-0.4, -0.2) is 24.6 Å². The quantitative estimate of drug-likeness (QED) is 0.508. The lowest BCUT2D eigenvalue weighted by Crippen LogP contribution is -2.49. The van der Waals surface area contributed by atoms with Crippen LogP contribution in [-0.2, 0) is 4.74 Å². The predicted molar refractivity (Wildman–Crippen MR) is 73.5 cm³/mol. The molecule has 0 aromatic carbocycles. The van der Waals surface area contributed by atoms with Crippen molar-refractivity contribution in [3.63, 3.8) is 0 Å². The van der Waals surface area contributed by atoms with Crippen LogP contribution in [0.4, 0.5) is 26.3 Å². The first kappa shape index (κ1) is 21.5. The van der Waals surface area contributed by atoms with Gasteiger partial charge in [-0.2, -0.15) is 26.3 Å². The van der Waals surface area contributed by atoms with Crippen LogP contribution in [0, 0.1) is 10.8 Å². The third-order valence-electron chi connectivity index (χ3n) is 4.37. The fourth-order valence-electron chi connectivity index (χ4n) is 1.89. The van der Waals surface area contributed by atoms with Gasteiger partial charge in [0.25, 0.3) is 0 Å². The van der Waals surface area contributed by atoms with Crippen LogP contribution in [0.25, 0.3) is 0 Å². The summed E-state index contributed by atoms with van der Waals surface area (Å²) < 4.78 is 81.1. The largest absolute Gasteiger partial charge is 0.423 e. The molecule has 7 heteroatoms. The van der Waals surface area contributed by atoms with Gasteiger partial charge in [0.05, 0.1) is 6.10 Å². The maximum Gasteiger partial charge on any atom is 0.423 e. The summed E-state index contributed by atoms with van der Waals surface area (Å²) in [5.41, 5.74) is -1.19. The minimum atomic E-state index is -5.48. The summed E-state index contributed by atoms with van der Waals surface area (Å²) in [4.78, 5) is 0. The molecule has 134 valence electrons. The lowest BCUT2D eigenvalue weighted by atomic mass is 9.74. The maximum absolute atomic E-state index is 12.7. The van der Waals surface area contributed by atoms with Crippen molar-refractivity contribution in [3.05, 3.63) is 0 Å². The van der Waals surface area contributed by atoms with Gasteiger partial charge in [-0.3, -0.25) is 0 Å². The van der Waals surface area contributed by atoms with Crippen molar-refractivity contribution in [2.75, 3.05) is 0 Å². The van der Waals surface area contributed by atoms with E-state index in [2.05, 4.69) is 4.74 Å². The Hall–Kier alpha value is -0.460. The van der Waals surface area contributed by atoms with E-state index in [0.29, 0.717) is 12.8 Å². The molecule has 1 unspecified atom stereocenters. The lowest BCUT2D eigenvalue weighted by Gasteiger charge is -2.40. The summed E-state index contributed by atoms with van der Waals surface area (Å²) >= 11 is 0. The third-order valence-corrected chi connectivity index (χ3v) is 4.37. The summed E-state index contributed by atoms with van der Waals surface area (Å²) in [7, 11) is 0. The third kappa shape index (κ3) is 6.34. The fraction of sp³-hybridized carbons (Fsp3) is 1.00. The van der Waals surface area contributed by atoms with Gasteiger partial charge >= 0.3 is 12.4 Å². The van der Waals surface area contributed by atoms with Gasteiger partial charge in [0.15, 0.2) is 0 Å². The van der Waals surface area contributed by atoms with Gasteiger partial charge in [0.1, 0.15) is 0 Å². The molecule has 0 N–H and O–H groups in total. The second kappa shape index (κ2) is 6.97. The molecule has 0 aliphatic carbocycles. The highest BCUT2D eigenvalue weighted by atomic mass is 19.4. The molecule has 22 heavy (non-hydrogen) atoms. The SMILES string of the molecule is CCC(C)(C)CC(OC(C(F)(F)F)C(F)(F)F)C(C)(C)CC. The highest BCUT2D eigenvalue weighted by Crippen LogP contribution is 2.43. The molecule has 0 aliphatic rings. The van der Waals surface area contributed by atoms with Gasteiger partial charge in [-0.05, 0) is 23.7 Å². The van der Waals surface area contributed by atoms with Gasteiger partial charge in [-0.1, -0.05) is 48.0 Å². The molecule has 1 atom stereocenters. The molecule has 0 saturated heterocycles. The molecule has 0 fully saturated rings. The fourth-order valence-corrected chi connectivity index (χ4v) is 1.89. The molecule has 0 heterocycles. The second-order valence-corrected chi connectivity index (χ2v) is 7.15. The number of hydrogen-bond donors (Lipinski definition) is 0. The van der Waals surface area contributed by atoms with Crippen molar-refractivity contribution in [2.45, 2.75) is 85.4 Å². The van der Waals surface area contributed by atoms with Gasteiger partial charge in [-0.25, -0.2) is 0 Å². The Morgan fingerprint density at radius 3 is 1.45 bits per heavy atom. The van der Waals surface area contributed by atoms with E-state index in [0.717, 1.165) is 0 Å². The Morgan fingerprint density at radius 2 is 1.18 bits per heavy atom. The zero-order valence-electron chi connectivity index (χ0n) is 14.0. The minimum absolute atomic E-state index is 0.132.